The van der Waals surface area contributed by atoms with Gasteiger partial charge < -0.3 is 0 Å². The monoisotopic (exact) mass is 494 g/mol. The Morgan fingerprint density at radius 2 is 1.67 bits per heavy atom. The first-order valence-corrected chi connectivity index (χ1v) is 13.1. The van der Waals surface area contributed by atoms with Crippen molar-refractivity contribution in [2.75, 3.05) is 11.4 Å². The Morgan fingerprint density at radius 1 is 0.944 bits per heavy atom. The molecule has 0 aliphatic rings. The summed E-state index contributed by atoms with van der Waals surface area (Å²) in [6.07, 6.45) is 0. The molecule has 0 bridgehead atoms. The summed E-state index contributed by atoms with van der Waals surface area (Å²) in [5.74, 6) is 0.300. The summed E-state index contributed by atoms with van der Waals surface area (Å²) in [6, 6.07) is 26.4. The number of para-hydroxylation sites is 1. The number of nitrogens with zero attached hydrogens (tertiary/aromatic N) is 4. The highest BCUT2D eigenvalue weighted by atomic mass is 32.1. The van der Waals surface area contributed by atoms with E-state index in [1.807, 2.05) is 65.9 Å². The van der Waals surface area contributed by atoms with Crippen LogP contribution in [0.1, 0.15) is 47.1 Å². The van der Waals surface area contributed by atoms with Gasteiger partial charge in [-0.05, 0) is 60.7 Å². The number of rotatable bonds is 7. The molecule has 3 aromatic carbocycles. The molecule has 1 amide bonds. The lowest BCUT2D eigenvalue weighted by molar-refractivity contribution is 0.0985. The van der Waals surface area contributed by atoms with Crippen molar-refractivity contribution < 1.29 is 4.79 Å². The average Bonchev–Trinajstić information content (AvgIpc) is 3.46. The van der Waals surface area contributed by atoms with Gasteiger partial charge in [-0.3, -0.25) is 14.4 Å². The fourth-order valence-electron chi connectivity index (χ4n) is 4.51. The largest absolute Gasteiger partial charge is 0.282 e. The number of aryl methyl sites for hydroxylation is 2. The molecular formula is C30H30N4OS. The molecule has 0 fully saturated rings. The minimum absolute atomic E-state index is 0.0544. The zero-order valence-corrected chi connectivity index (χ0v) is 21.9. The molecule has 0 unspecified atom stereocenters. The van der Waals surface area contributed by atoms with Crippen molar-refractivity contribution in [3.8, 4) is 11.1 Å². The van der Waals surface area contributed by atoms with Crippen LogP contribution in [0.2, 0.25) is 0 Å². The fourth-order valence-corrected chi connectivity index (χ4v) is 5.54. The third kappa shape index (κ3) is 4.82. The zero-order chi connectivity index (χ0) is 25.2. The van der Waals surface area contributed by atoms with E-state index in [0.717, 1.165) is 37.9 Å². The van der Waals surface area contributed by atoms with Gasteiger partial charge in [-0.25, -0.2) is 4.98 Å². The van der Waals surface area contributed by atoms with Crippen LogP contribution in [0.25, 0.3) is 21.3 Å². The van der Waals surface area contributed by atoms with Gasteiger partial charge in [-0.15, -0.1) is 0 Å². The van der Waals surface area contributed by atoms with Crippen molar-refractivity contribution in [1.82, 2.24) is 14.8 Å². The Labute approximate surface area is 216 Å². The van der Waals surface area contributed by atoms with Crippen LogP contribution in [0.4, 0.5) is 5.13 Å². The number of fused-ring (bicyclic) bond motifs is 1. The van der Waals surface area contributed by atoms with E-state index in [0.29, 0.717) is 24.6 Å². The molecule has 0 aliphatic carbocycles. The first kappa shape index (κ1) is 23.9. The third-order valence-corrected chi connectivity index (χ3v) is 7.46. The maximum absolute atomic E-state index is 13.9. The van der Waals surface area contributed by atoms with Crippen LogP contribution in [-0.2, 0) is 6.54 Å². The topological polar surface area (TPSA) is 51.0 Å². The summed E-state index contributed by atoms with van der Waals surface area (Å²) in [6.45, 7) is 9.46. The predicted octanol–water partition coefficient (Wildman–Crippen LogP) is 7.25. The number of amides is 1. The Bertz CT molecular complexity index is 1500. The molecule has 0 radical (unpaired) electrons. The van der Waals surface area contributed by atoms with Gasteiger partial charge in [-0.2, -0.15) is 5.10 Å². The van der Waals surface area contributed by atoms with Crippen molar-refractivity contribution in [2.24, 2.45) is 0 Å². The van der Waals surface area contributed by atoms with E-state index in [9.17, 15) is 4.79 Å². The summed E-state index contributed by atoms with van der Waals surface area (Å²) >= 11 is 1.57. The highest BCUT2D eigenvalue weighted by molar-refractivity contribution is 7.22. The molecule has 0 spiro atoms. The number of benzene rings is 3. The molecule has 0 saturated heterocycles. The second-order valence-corrected chi connectivity index (χ2v) is 10.4. The van der Waals surface area contributed by atoms with Gasteiger partial charge in [0.2, 0.25) is 0 Å². The van der Waals surface area contributed by atoms with E-state index < -0.39 is 0 Å². The maximum Gasteiger partial charge on any atom is 0.260 e. The average molecular weight is 495 g/mol. The maximum atomic E-state index is 13.9. The molecule has 36 heavy (non-hydrogen) atoms. The molecule has 5 aromatic rings. The van der Waals surface area contributed by atoms with Crippen LogP contribution in [0.3, 0.4) is 0 Å². The second kappa shape index (κ2) is 10.1. The first-order chi connectivity index (χ1) is 17.4. The van der Waals surface area contributed by atoms with E-state index in [1.54, 1.807) is 11.3 Å². The molecule has 5 nitrogen and oxygen atoms in total. The van der Waals surface area contributed by atoms with Gasteiger partial charge in [0.15, 0.2) is 5.13 Å². The lowest BCUT2D eigenvalue weighted by atomic mass is 10.0. The second-order valence-electron chi connectivity index (χ2n) is 9.40. The van der Waals surface area contributed by atoms with Gasteiger partial charge in [-0.1, -0.05) is 79.8 Å². The van der Waals surface area contributed by atoms with Crippen LogP contribution >= 0.6 is 11.3 Å². The Hall–Kier alpha value is -3.77. The van der Waals surface area contributed by atoms with E-state index in [-0.39, 0.29) is 5.91 Å². The van der Waals surface area contributed by atoms with Crippen LogP contribution in [0.5, 0.6) is 0 Å². The minimum atomic E-state index is -0.0544. The molecule has 0 atom stereocenters. The molecule has 0 N–H and O–H groups in total. The van der Waals surface area contributed by atoms with Crippen LogP contribution in [-0.4, -0.2) is 27.2 Å². The van der Waals surface area contributed by atoms with E-state index >= 15 is 0 Å². The van der Waals surface area contributed by atoms with Crippen LogP contribution < -0.4 is 4.90 Å². The molecule has 0 saturated carbocycles. The number of carbonyl (C=O) groups excluding carboxylic acids is 1. The van der Waals surface area contributed by atoms with Crippen molar-refractivity contribution in [1.29, 1.82) is 0 Å². The third-order valence-electron chi connectivity index (χ3n) is 6.41. The molecular weight excluding hydrogens is 464 g/mol. The van der Waals surface area contributed by atoms with Gasteiger partial charge in [0, 0.05) is 17.8 Å². The van der Waals surface area contributed by atoms with E-state index in [4.69, 9.17) is 4.98 Å². The lowest BCUT2D eigenvalue weighted by Gasteiger charge is -2.20. The number of hydrogen-bond donors (Lipinski definition) is 0. The number of anilines is 1. The van der Waals surface area contributed by atoms with Gasteiger partial charge in [0.05, 0.1) is 22.5 Å². The summed E-state index contributed by atoms with van der Waals surface area (Å²) in [5.41, 5.74) is 7.10. The van der Waals surface area contributed by atoms with Crippen LogP contribution in [0.15, 0.2) is 78.9 Å². The predicted molar refractivity (Wildman–Crippen MR) is 149 cm³/mol. The minimum Gasteiger partial charge on any atom is -0.282 e. The fraction of sp³-hybridized carbons (Fsp3) is 0.233. The van der Waals surface area contributed by atoms with Crippen molar-refractivity contribution in [3.63, 3.8) is 0 Å². The number of aromatic nitrogens is 3. The van der Waals surface area contributed by atoms with Gasteiger partial charge in [0.1, 0.15) is 0 Å². The Kier molecular flexibility index (Phi) is 6.70. The van der Waals surface area contributed by atoms with E-state index in [2.05, 4.69) is 55.3 Å². The molecule has 0 aliphatic heterocycles. The smallest absolute Gasteiger partial charge is 0.260 e. The summed E-state index contributed by atoms with van der Waals surface area (Å²) in [5, 5.41) is 5.31. The SMILES string of the molecule is Cc1cc(C)n(CCN(C(=O)c2ccc(-c3ccccc3)cc2)c2nc3c(C(C)C)cccc3s2)n1. The first-order valence-electron chi connectivity index (χ1n) is 12.3. The van der Waals surface area contributed by atoms with Crippen LogP contribution in [0, 0.1) is 13.8 Å². The molecule has 2 aromatic heterocycles. The summed E-state index contributed by atoms with van der Waals surface area (Å²) in [7, 11) is 0. The van der Waals surface area contributed by atoms with Crippen molar-refractivity contribution >= 4 is 32.6 Å². The normalized spacial score (nSPS) is 11.4. The molecule has 2 heterocycles. The van der Waals surface area contributed by atoms with Crippen molar-refractivity contribution in [3.05, 3.63) is 101 Å². The standard InChI is InChI=1S/C30H30N4OS/c1-20(2)26-11-8-12-27-28(26)31-30(36-27)33(17-18-34-22(4)19-21(3)32-34)29(35)25-15-13-24(14-16-25)23-9-6-5-7-10-23/h5-16,19-20H,17-18H2,1-4H3. The number of hydrogen-bond acceptors (Lipinski definition) is 4. The lowest BCUT2D eigenvalue weighted by Crippen LogP contribution is -2.34. The number of carbonyl (C=O) groups is 1. The van der Waals surface area contributed by atoms with Gasteiger partial charge in [0.25, 0.3) is 5.91 Å². The summed E-state index contributed by atoms with van der Waals surface area (Å²) < 4.78 is 3.06. The Balaban J connectivity index is 1.50. The zero-order valence-electron chi connectivity index (χ0n) is 21.1. The molecule has 182 valence electrons. The highest BCUT2D eigenvalue weighted by Crippen LogP contribution is 2.34. The molecule has 5 rings (SSSR count). The Morgan fingerprint density at radius 3 is 2.33 bits per heavy atom. The van der Waals surface area contributed by atoms with Crippen molar-refractivity contribution in [2.45, 2.75) is 40.2 Å². The summed E-state index contributed by atoms with van der Waals surface area (Å²) in [4.78, 5) is 20.7. The van der Waals surface area contributed by atoms with E-state index in [1.165, 1.54) is 5.56 Å². The number of thiazole rings is 1. The molecule has 6 heteroatoms. The quantitative estimate of drug-likeness (QED) is 0.239. The van der Waals surface area contributed by atoms with Gasteiger partial charge >= 0.3 is 0 Å². The highest BCUT2D eigenvalue weighted by Gasteiger charge is 2.23.